The van der Waals surface area contributed by atoms with Gasteiger partial charge in [0, 0.05) is 11.1 Å². The highest BCUT2D eigenvalue weighted by Gasteiger charge is 2.25. The number of pyridine rings is 1. The molecule has 1 aliphatic carbocycles. The van der Waals surface area contributed by atoms with Crippen LogP contribution in [0.25, 0.3) is 5.65 Å². The fraction of sp³-hybridized carbons (Fsp3) is 0.294. The molecule has 4 rings (SSSR count). The van der Waals surface area contributed by atoms with Gasteiger partial charge in [-0.25, -0.2) is 0 Å². The van der Waals surface area contributed by atoms with Crippen molar-refractivity contribution in [1.82, 2.24) is 14.6 Å². The third kappa shape index (κ3) is 3.19. The molecule has 1 aliphatic rings. The lowest BCUT2D eigenvalue weighted by Gasteiger charge is -2.11. The van der Waals surface area contributed by atoms with Gasteiger partial charge in [0.15, 0.2) is 10.8 Å². The van der Waals surface area contributed by atoms with E-state index in [1.807, 2.05) is 28.8 Å². The van der Waals surface area contributed by atoms with Crippen LogP contribution in [0.1, 0.15) is 33.6 Å². The zero-order valence-corrected chi connectivity index (χ0v) is 15.5. The number of rotatable bonds is 5. The van der Waals surface area contributed by atoms with E-state index in [0.717, 1.165) is 41.8 Å². The van der Waals surface area contributed by atoms with Crippen LogP contribution in [0.3, 0.4) is 0 Å². The summed E-state index contributed by atoms with van der Waals surface area (Å²) in [6.45, 7) is 0. The maximum atomic E-state index is 12.4. The SMILES string of the molecule is NC(=O)c1c(NC(=O)CSc2nnc3ccccn23)sc2c1CCCC2. The topological polar surface area (TPSA) is 102 Å². The number of primary amides is 1. The number of hydrogen-bond acceptors (Lipinski definition) is 6. The first-order valence-corrected chi connectivity index (χ1v) is 10.1. The summed E-state index contributed by atoms with van der Waals surface area (Å²) in [7, 11) is 0. The van der Waals surface area contributed by atoms with Gasteiger partial charge in [0.25, 0.3) is 5.91 Å². The second-order valence-corrected chi connectivity index (χ2v) is 8.08. The molecule has 26 heavy (non-hydrogen) atoms. The molecule has 134 valence electrons. The molecule has 2 amide bonds. The summed E-state index contributed by atoms with van der Waals surface area (Å²) < 4.78 is 1.83. The molecule has 0 radical (unpaired) electrons. The van der Waals surface area contributed by atoms with E-state index < -0.39 is 5.91 Å². The number of aromatic nitrogens is 3. The van der Waals surface area contributed by atoms with Gasteiger partial charge in [-0.15, -0.1) is 21.5 Å². The van der Waals surface area contributed by atoms with E-state index in [0.29, 0.717) is 15.7 Å². The van der Waals surface area contributed by atoms with Crippen LogP contribution in [0.4, 0.5) is 5.00 Å². The van der Waals surface area contributed by atoms with Crippen molar-refractivity contribution in [2.75, 3.05) is 11.1 Å². The zero-order chi connectivity index (χ0) is 18.1. The molecule has 7 nitrogen and oxygen atoms in total. The van der Waals surface area contributed by atoms with Gasteiger partial charge in [0.05, 0.1) is 11.3 Å². The average Bonchev–Trinajstić information content (AvgIpc) is 3.20. The van der Waals surface area contributed by atoms with E-state index in [1.54, 1.807) is 0 Å². The number of thioether (sulfide) groups is 1. The summed E-state index contributed by atoms with van der Waals surface area (Å²) in [5.41, 5.74) is 7.79. The summed E-state index contributed by atoms with van der Waals surface area (Å²) >= 11 is 2.77. The summed E-state index contributed by atoms with van der Waals surface area (Å²) in [6.07, 6.45) is 5.80. The predicted octanol–water partition coefficient (Wildman–Crippen LogP) is 2.50. The Balaban J connectivity index is 1.48. The van der Waals surface area contributed by atoms with E-state index in [-0.39, 0.29) is 11.7 Å². The minimum atomic E-state index is -0.476. The molecule has 0 aromatic carbocycles. The largest absolute Gasteiger partial charge is 0.365 e. The van der Waals surface area contributed by atoms with Gasteiger partial charge in [-0.1, -0.05) is 17.8 Å². The van der Waals surface area contributed by atoms with Crippen molar-refractivity contribution < 1.29 is 9.59 Å². The molecule has 3 heterocycles. The summed E-state index contributed by atoms with van der Waals surface area (Å²) in [5, 5.41) is 12.2. The summed E-state index contributed by atoms with van der Waals surface area (Å²) in [4.78, 5) is 25.4. The lowest BCUT2D eigenvalue weighted by molar-refractivity contribution is -0.113. The number of thiophene rings is 1. The van der Waals surface area contributed by atoms with E-state index in [9.17, 15) is 9.59 Å². The highest BCUT2D eigenvalue weighted by atomic mass is 32.2. The maximum absolute atomic E-state index is 12.4. The first kappa shape index (κ1) is 17.0. The molecule has 0 saturated carbocycles. The van der Waals surface area contributed by atoms with E-state index in [2.05, 4.69) is 15.5 Å². The number of carbonyl (C=O) groups excluding carboxylic acids is 2. The highest BCUT2D eigenvalue weighted by molar-refractivity contribution is 7.99. The molecule has 0 unspecified atom stereocenters. The predicted molar refractivity (Wildman–Crippen MR) is 102 cm³/mol. The van der Waals surface area contributed by atoms with Gasteiger partial charge in [0.2, 0.25) is 5.91 Å². The first-order valence-electron chi connectivity index (χ1n) is 8.30. The Hall–Kier alpha value is -2.39. The number of hydrogen-bond donors (Lipinski definition) is 2. The van der Waals surface area contributed by atoms with Crippen molar-refractivity contribution >= 4 is 45.6 Å². The zero-order valence-electron chi connectivity index (χ0n) is 13.9. The number of carbonyl (C=O) groups is 2. The minimum Gasteiger partial charge on any atom is -0.365 e. The Bertz CT molecular complexity index is 994. The molecular formula is C17H17N5O2S2. The average molecular weight is 387 g/mol. The molecule has 0 saturated heterocycles. The highest BCUT2D eigenvalue weighted by Crippen LogP contribution is 2.38. The molecule has 0 spiro atoms. The lowest BCUT2D eigenvalue weighted by Crippen LogP contribution is -2.19. The van der Waals surface area contributed by atoms with Crippen molar-refractivity contribution in [3.63, 3.8) is 0 Å². The van der Waals surface area contributed by atoms with Gasteiger partial charge < -0.3 is 11.1 Å². The van der Waals surface area contributed by atoms with Crippen molar-refractivity contribution in [3.8, 4) is 0 Å². The normalized spacial score (nSPS) is 13.5. The molecule has 0 bridgehead atoms. The van der Waals surface area contributed by atoms with Crippen molar-refractivity contribution in [1.29, 1.82) is 0 Å². The van der Waals surface area contributed by atoms with Crippen LogP contribution in [0, 0.1) is 0 Å². The van der Waals surface area contributed by atoms with E-state index >= 15 is 0 Å². The quantitative estimate of drug-likeness (QED) is 0.655. The minimum absolute atomic E-state index is 0.177. The number of anilines is 1. The molecular weight excluding hydrogens is 370 g/mol. The standard InChI is InChI=1S/C17H17N5O2S2/c18-15(24)14-10-5-1-2-6-11(10)26-16(14)19-13(23)9-25-17-21-20-12-7-3-4-8-22(12)17/h3-4,7-8H,1-2,5-6,9H2,(H2,18,24)(H,19,23). The van der Waals surface area contributed by atoms with Crippen LogP contribution >= 0.6 is 23.1 Å². The van der Waals surface area contributed by atoms with Crippen LogP contribution in [-0.4, -0.2) is 32.2 Å². The van der Waals surface area contributed by atoms with Gasteiger partial charge in [-0.2, -0.15) is 0 Å². The Morgan fingerprint density at radius 2 is 2.12 bits per heavy atom. The van der Waals surface area contributed by atoms with Gasteiger partial charge in [-0.3, -0.25) is 14.0 Å². The number of nitrogens with zero attached hydrogens (tertiary/aromatic N) is 3. The molecule has 3 aromatic rings. The summed E-state index contributed by atoms with van der Waals surface area (Å²) in [5.74, 6) is -0.490. The molecule has 9 heteroatoms. The van der Waals surface area contributed by atoms with Crippen LogP contribution in [0.2, 0.25) is 0 Å². The monoisotopic (exact) mass is 387 g/mol. The maximum Gasteiger partial charge on any atom is 0.251 e. The molecule has 0 fully saturated rings. The van der Waals surface area contributed by atoms with E-state index in [1.165, 1.54) is 23.1 Å². The second-order valence-electron chi connectivity index (χ2n) is 6.03. The van der Waals surface area contributed by atoms with Crippen LogP contribution in [0.5, 0.6) is 0 Å². The third-order valence-corrected chi connectivity index (χ3v) is 6.44. The number of amides is 2. The fourth-order valence-electron chi connectivity index (χ4n) is 3.13. The molecule has 3 aromatic heterocycles. The van der Waals surface area contributed by atoms with Gasteiger partial charge in [0.1, 0.15) is 5.00 Å². The second kappa shape index (κ2) is 7.08. The van der Waals surface area contributed by atoms with Crippen molar-refractivity contribution in [3.05, 3.63) is 40.4 Å². The molecule has 3 N–H and O–H groups in total. The van der Waals surface area contributed by atoms with Gasteiger partial charge >= 0.3 is 0 Å². The Morgan fingerprint density at radius 1 is 1.27 bits per heavy atom. The van der Waals surface area contributed by atoms with Crippen LogP contribution < -0.4 is 11.1 Å². The molecule has 0 aliphatic heterocycles. The van der Waals surface area contributed by atoms with E-state index in [4.69, 9.17) is 5.73 Å². The molecule has 0 atom stereocenters. The first-order chi connectivity index (χ1) is 12.6. The van der Waals surface area contributed by atoms with Crippen molar-refractivity contribution in [2.45, 2.75) is 30.8 Å². The fourth-order valence-corrected chi connectivity index (χ4v) is 5.16. The van der Waals surface area contributed by atoms with Gasteiger partial charge in [-0.05, 0) is 43.4 Å². The summed E-state index contributed by atoms with van der Waals surface area (Å²) in [6, 6.07) is 5.62. The number of nitrogens with one attached hydrogen (secondary N) is 1. The Labute approximate surface area is 158 Å². The Kier molecular flexibility index (Phi) is 4.64. The lowest BCUT2D eigenvalue weighted by atomic mass is 9.95. The van der Waals surface area contributed by atoms with Crippen LogP contribution in [-0.2, 0) is 17.6 Å². The third-order valence-electron chi connectivity index (χ3n) is 4.29. The number of aryl methyl sites for hydroxylation is 1. The Morgan fingerprint density at radius 3 is 2.96 bits per heavy atom. The van der Waals surface area contributed by atoms with Crippen LogP contribution in [0.15, 0.2) is 29.6 Å². The number of fused-ring (bicyclic) bond motifs is 2. The number of nitrogens with two attached hydrogens (primary N) is 1. The smallest absolute Gasteiger partial charge is 0.251 e. The van der Waals surface area contributed by atoms with Crippen molar-refractivity contribution in [2.24, 2.45) is 5.73 Å².